The van der Waals surface area contributed by atoms with Crippen molar-refractivity contribution in [3.63, 3.8) is 0 Å². The summed E-state index contributed by atoms with van der Waals surface area (Å²) in [7, 11) is -1.13. The van der Waals surface area contributed by atoms with Crippen LogP contribution in [-0.2, 0) is 4.79 Å². The van der Waals surface area contributed by atoms with Crippen molar-refractivity contribution in [3.05, 3.63) is 9.81 Å². The van der Waals surface area contributed by atoms with Gasteiger partial charge in [0.05, 0.1) is 8.07 Å². The van der Waals surface area contributed by atoms with Crippen LogP contribution in [0.4, 0.5) is 0 Å². The van der Waals surface area contributed by atoms with Crippen LogP contribution in [0.3, 0.4) is 0 Å². The zero-order valence-corrected chi connectivity index (χ0v) is 13.3. The van der Waals surface area contributed by atoms with Crippen LogP contribution in [0.5, 0.6) is 0 Å². The summed E-state index contributed by atoms with van der Waals surface area (Å²) in [5.41, 5.74) is 1.15. The molecule has 16 heavy (non-hydrogen) atoms. The molecule has 2 heterocycles. The van der Waals surface area contributed by atoms with Crippen LogP contribution < -0.4 is 0 Å². The van der Waals surface area contributed by atoms with Crippen molar-refractivity contribution < 1.29 is 4.79 Å². The number of Topliss-reactive ketones (excluding diaryl/α,β-unsaturated/α-hetero) is 1. The molecule has 2 aliphatic rings. The van der Waals surface area contributed by atoms with E-state index in [1.807, 2.05) is 23.5 Å². The zero-order chi connectivity index (χ0) is 12.1. The predicted octanol–water partition coefficient (Wildman–Crippen LogP) is 4.07. The lowest BCUT2D eigenvalue weighted by molar-refractivity contribution is -0.116. The summed E-state index contributed by atoms with van der Waals surface area (Å²) in [6, 6.07) is 0. The van der Waals surface area contributed by atoms with Gasteiger partial charge in [-0.25, -0.2) is 0 Å². The molecule has 0 amide bonds. The molecule has 4 heteroatoms. The van der Waals surface area contributed by atoms with Gasteiger partial charge in [0.1, 0.15) is 0 Å². The van der Waals surface area contributed by atoms with E-state index < -0.39 is 8.07 Å². The summed E-state index contributed by atoms with van der Waals surface area (Å²) in [4.78, 5) is 12.8. The second-order valence-electron chi connectivity index (χ2n) is 6.40. The quantitative estimate of drug-likeness (QED) is 0.670. The maximum Gasteiger partial charge on any atom is 0.161 e. The van der Waals surface area contributed by atoms with Crippen LogP contribution in [0.25, 0.3) is 0 Å². The number of carbonyl (C=O) groups excluding carboxylic acids is 1. The van der Waals surface area contributed by atoms with Crippen molar-refractivity contribution in [2.45, 2.75) is 56.0 Å². The van der Waals surface area contributed by atoms with Gasteiger partial charge in [-0.3, -0.25) is 4.79 Å². The average molecular weight is 273 g/mol. The lowest BCUT2D eigenvalue weighted by atomic mass is 9.99. The summed E-state index contributed by atoms with van der Waals surface area (Å²) in [6.45, 7) is 11.6. The number of thioether (sulfide) groups is 2. The van der Waals surface area contributed by atoms with Crippen LogP contribution in [0.1, 0.15) is 26.7 Å². The van der Waals surface area contributed by atoms with Gasteiger partial charge >= 0.3 is 0 Å². The molecule has 0 aromatic rings. The number of carbonyl (C=O) groups is 1. The Kier molecular flexibility index (Phi) is 3.13. The monoisotopic (exact) mass is 272 g/mol. The highest BCUT2D eigenvalue weighted by molar-refractivity contribution is 8.24. The molecule has 0 aromatic carbocycles. The highest BCUT2D eigenvalue weighted by Gasteiger charge is 2.42. The molecule has 0 radical (unpaired) electrons. The Morgan fingerprint density at radius 2 is 1.94 bits per heavy atom. The third-order valence-corrected chi connectivity index (χ3v) is 10.3. The third kappa shape index (κ3) is 2.43. The maximum absolute atomic E-state index is 12.1. The molecular formula is C12H20OS2Si. The van der Waals surface area contributed by atoms with Crippen molar-refractivity contribution >= 4 is 37.4 Å². The molecule has 2 aliphatic heterocycles. The first-order valence-electron chi connectivity index (χ1n) is 5.81. The SMILES string of the molecule is CC1(C)CC(=O)C2=C(SC([Si](C)(C)C)C2)S1. The van der Waals surface area contributed by atoms with Gasteiger partial charge in [0.15, 0.2) is 5.78 Å². The fourth-order valence-corrected chi connectivity index (χ4v) is 8.02. The fraction of sp³-hybridized carbons (Fsp3) is 0.750. The van der Waals surface area contributed by atoms with Crippen molar-refractivity contribution in [2.24, 2.45) is 0 Å². The van der Waals surface area contributed by atoms with Gasteiger partial charge in [-0.1, -0.05) is 19.6 Å². The molecule has 0 saturated heterocycles. The Morgan fingerprint density at radius 3 is 2.50 bits per heavy atom. The minimum Gasteiger partial charge on any atom is -0.294 e. The first-order chi connectivity index (χ1) is 7.19. The Morgan fingerprint density at radius 1 is 1.31 bits per heavy atom. The Bertz CT molecular complexity index is 366. The summed E-state index contributed by atoms with van der Waals surface area (Å²) < 4.78 is 1.45. The highest BCUT2D eigenvalue weighted by Crippen LogP contribution is 2.55. The lowest BCUT2D eigenvalue weighted by Gasteiger charge is -2.28. The molecule has 0 N–H and O–H groups in total. The van der Waals surface area contributed by atoms with Crippen LogP contribution in [0, 0.1) is 0 Å². The largest absolute Gasteiger partial charge is 0.294 e. The molecule has 1 atom stereocenters. The van der Waals surface area contributed by atoms with Crippen LogP contribution in [0.2, 0.25) is 19.6 Å². The standard InChI is InChI=1S/C12H20OS2Si/c1-12(2)7-9(13)8-6-10(16(3,4)5)14-11(8)15-12/h10H,6-7H2,1-5H3. The molecule has 0 fully saturated rings. The normalized spacial score (nSPS) is 29.6. The molecule has 0 bridgehead atoms. The second kappa shape index (κ2) is 3.92. The Hall–Kier alpha value is 0.327. The van der Waals surface area contributed by atoms with E-state index >= 15 is 0 Å². The van der Waals surface area contributed by atoms with E-state index in [0.717, 1.165) is 18.4 Å². The van der Waals surface area contributed by atoms with Gasteiger partial charge in [-0.05, 0) is 20.3 Å². The van der Waals surface area contributed by atoms with Gasteiger partial charge in [-0.15, -0.1) is 23.5 Å². The topological polar surface area (TPSA) is 17.1 Å². The molecular weight excluding hydrogens is 252 g/mol. The fourth-order valence-electron chi connectivity index (χ4n) is 2.09. The summed E-state index contributed by atoms with van der Waals surface area (Å²) >= 11 is 3.92. The van der Waals surface area contributed by atoms with E-state index in [-0.39, 0.29) is 4.75 Å². The average Bonchev–Trinajstić information content (AvgIpc) is 2.44. The van der Waals surface area contributed by atoms with Gasteiger partial charge in [0.2, 0.25) is 0 Å². The first kappa shape index (κ1) is 12.8. The molecule has 0 spiro atoms. The maximum atomic E-state index is 12.1. The molecule has 0 aromatic heterocycles. The van der Waals surface area contributed by atoms with Crippen molar-refractivity contribution in [2.75, 3.05) is 0 Å². The predicted molar refractivity (Wildman–Crippen MR) is 77.7 cm³/mol. The van der Waals surface area contributed by atoms with Gasteiger partial charge in [0, 0.05) is 25.9 Å². The van der Waals surface area contributed by atoms with E-state index in [0.29, 0.717) is 10.7 Å². The van der Waals surface area contributed by atoms with Crippen molar-refractivity contribution in [3.8, 4) is 0 Å². The summed E-state index contributed by atoms with van der Waals surface area (Å²) in [5.74, 6) is 0.409. The summed E-state index contributed by atoms with van der Waals surface area (Å²) in [6.07, 6.45) is 1.76. The van der Waals surface area contributed by atoms with E-state index in [2.05, 4.69) is 33.5 Å². The number of ketones is 1. The van der Waals surface area contributed by atoms with Crippen LogP contribution in [-0.4, -0.2) is 23.5 Å². The zero-order valence-electron chi connectivity index (χ0n) is 10.7. The Labute approximate surface area is 108 Å². The minimum absolute atomic E-state index is 0.108. The minimum atomic E-state index is -1.13. The van der Waals surface area contributed by atoms with Gasteiger partial charge in [-0.2, -0.15) is 0 Å². The second-order valence-corrected chi connectivity index (χ2v) is 15.4. The number of rotatable bonds is 1. The highest BCUT2D eigenvalue weighted by atomic mass is 32.2. The van der Waals surface area contributed by atoms with Crippen LogP contribution >= 0.6 is 23.5 Å². The van der Waals surface area contributed by atoms with Crippen molar-refractivity contribution in [1.29, 1.82) is 0 Å². The Balaban J connectivity index is 2.21. The smallest absolute Gasteiger partial charge is 0.161 e. The molecule has 90 valence electrons. The van der Waals surface area contributed by atoms with Gasteiger partial charge < -0.3 is 0 Å². The van der Waals surface area contributed by atoms with E-state index in [4.69, 9.17) is 0 Å². The van der Waals surface area contributed by atoms with Crippen molar-refractivity contribution in [1.82, 2.24) is 0 Å². The third-order valence-electron chi connectivity index (χ3n) is 3.14. The molecule has 1 unspecified atom stereocenters. The number of hydrogen-bond donors (Lipinski definition) is 0. The first-order valence-corrected chi connectivity index (χ1v) is 11.1. The van der Waals surface area contributed by atoms with E-state index in [1.54, 1.807) is 0 Å². The van der Waals surface area contributed by atoms with Crippen LogP contribution in [0.15, 0.2) is 9.81 Å². The summed E-state index contributed by atoms with van der Waals surface area (Å²) in [5, 5.41) is 0. The van der Waals surface area contributed by atoms with E-state index in [1.165, 1.54) is 4.24 Å². The number of hydrogen-bond acceptors (Lipinski definition) is 3. The molecule has 1 nitrogen and oxygen atoms in total. The molecule has 2 rings (SSSR count). The molecule has 0 saturated carbocycles. The molecule has 0 aliphatic carbocycles. The van der Waals surface area contributed by atoms with Gasteiger partial charge in [0.25, 0.3) is 0 Å². The lowest BCUT2D eigenvalue weighted by Crippen LogP contribution is -2.34. The van der Waals surface area contributed by atoms with E-state index in [9.17, 15) is 4.79 Å². The number of allylic oxidation sites excluding steroid dienone is 1.